The molecule has 0 aromatic rings. The average molecular weight is 155 g/mol. The summed E-state index contributed by atoms with van der Waals surface area (Å²) >= 11 is 0. The lowest BCUT2D eigenvalue weighted by Crippen LogP contribution is -2.29. The standard InChI is InChI=1S/C10H21N/c1-8(2)11-5-4-10-6-9(3)7-10/h8-11H,4-7H2,1-3H3. The van der Waals surface area contributed by atoms with E-state index in [2.05, 4.69) is 26.1 Å². The highest BCUT2D eigenvalue weighted by Gasteiger charge is 2.24. The van der Waals surface area contributed by atoms with Gasteiger partial charge in [0, 0.05) is 6.04 Å². The second-order valence-corrected chi connectivity index (χ2v) is 4.34. The van der Waals surface area contributed by atoms with Crippen LogP contribution in [0.4, 0.5) is 0 Å². The monoisotopic (exact) mass is 155 g/mol. The van der Waals surface area contributed by atoms with Crippen LogP contribution < -0.4 is 5.32 Å². The smallest absolute Gasteiger partial charge is 0.00103 e. The summed E-state index contributed by atoms with van der Waals surface area (Å²) in [4.78, 5) is 0. The maximum atomic E-state index is 3.46. The highest BCUT2D eigenvalue weighted by molar-refractivity contribution is 4.76. The fourth-order valence-corrected chi connectivity index (χ4v) is 1.88. The van der Waals surface area contributed by atoms with Gasteiger partial charge in [0.05, 0.1) is 0 Å². The van der Waals surface area contributed by atoms with E-state index in [0.717, 1.165) is 11.8 Å². The lowest BCUT2D eigenvalue weighted by atomic mass is 9.74. The Hall–Kier alpha value is -0.0400. The van der Waals surface area contributed by atoms with E-state index in [9.17, 15) is 0 Å². The van der Waals surface area contributed by atoms with Gasteiger partial charge in [0.25, 0.3) is 0 Å². The first kappa shape index (κ1) is 9.05. The van der Waals surface area contributed by atoms with Crippen LogP contribution in [0.15, 0.2) is 0 Å². The van der Waals surface area contributed by atoms with Crippen molar-refractivity contribution in [3.8, 4) is 0 Å². The Kier molecular flexibility index (Phi) is 3.38. The van der Waals surface area contributed by atoms with E-state index in [1.54, 1.807) is 0 Å². The van der Waals surface area contributed by atoms with E-state index in [-0.39, 0.29) is 0 Å². The Morgan fingerprint density at radius 1 is 1.36 bits per heavy atom. The van der Waals surface area contributed by atoms with Crippen LogP contribution in [0.3, 0.4) is 0 Å². The molecule has 66 valence electrons. The predicted octanol–water partition coefficient (Wildman–Crippen LogP) is 2.42. The van der Waals surface area contributed by atoms with Gasteiger partial charge >= 0.3 is 0 Å². The fourth-order valence-electron chi connectivity index (χ4n) is 1.88. The Labute approximate surface area is 70.6 Å². The molecule has 0 heterocycles. The van der Waals surface area contributed by atoms with Crippen molar-refractivity contribution in [3.63, 3.8) is 0 Å². The van der Waals surface area contributed by atoms with E-state index >= 15 is 0 Å². The largest absolute Gasteiger partial charge is 0.315 e. The molecule has 0 aliphatic heterocycles. The molecule has 1 fully saturated rings. The van der Waals surface area contributed by atoms with Gasteiger partial charge in [-0.05, 0) is 37.6 Å². The molecule has 1 aliphatic carbocycles. The Bertz CT molecular complexity index is 103. The summed E-state index contributed by atoms with van der Waals surface area (Å²) in [5.74, 6) is 2.05. The van der Waals surface area contributed by atoms with E-state index in [4.69, 9.17) is 0 Å². The summed E-state index contributed by atoms with van der Waals surface area (Å²) in [5, 5.41) is 3.46. The molecular formula is C10H21N. The van der Waals surface area contributed by atoms with Gasteiger partial charge in [0.2, 0.25) is 0 Å². The normalized spacial score (nSPS) is 30.5. The molecule has 0 amide bonds. The van der Waals surface area contributed by atoms with Crippen LogP contribution in [0.2, 0.25) is 0 Å². The topological polar surface area (TPSA) is 12.0 Å². The van der Waals surface area contributed by atoms with Crippen LogP contribution in [-0.2, 0) is 0 Å². The van der Waals surface area contributed by atoms with Crippen molar-refractivity contribution in [2.45, 2.75) is 46.1 Å². The predicted molar refractivity (Wildman–Crippen MR) is 49.6 cm³/mol. The highest BCUT2D eigenvalue weighted by atomic mass is 14.9. The molecule has 1 saturated carbocycles. The van der Waals surface area contributed by atoms with Crippen molar-refractivity contribution >= 4 is 0 Å². The van der Waals surface area contributed by atoms with Crippen LogP contribution in [0.1, 0.15) is 40.0 Å². The summed E-state index contributed by atoms with van der Waals surface area (Å²) in [6, 6.07) is 0.660. The van der Waals surface area contributed by atoms with Gasteiger partial charge in [0.1, 0.15) is 0 Å². The maximum absolute atomic E-state index is 3.46. The lowest BCUT2D eigenvalue weighted by molar-refractivity contribution is 0.197. The SMILES string of the molecule is CC1CC(CCNC(C)C)C1. The Morgan fingerprint density at radius 2 is 2.00 bits per heavy atom. The molecule has 11 heavy (non-hydrogen) atoms. The summed E-state index contributed by atoms with van der Waals surface area (Å²) in [6.45, 7) is 7.99. The van der Waals surface area contributed by atoms with Crippen LogP contribution in [-0.4, -0.2) is 12.6 Å². The number of hydrogen-bond donors (Lipinski definition) is 1. The number of hydrogen-bond acceptors (Lipinski definition) is 1. The lowest BCUT2D eigenvalue weighted by Gasteiger charge is -2.32. The Morgan fingerprint density at radius 3 is 2.45 bits per heavy atom. The second-order valence-electron chi connectivity index (χ2n) is 4.34. The van der Waals surface area contributed by atoms with Crippen molar-refractivity contribution in [2.24, 2.45) is 11.8 Å². The third-order valence-corrected chi connectivity index (χ3v) is 2.58. The molecule has 1 aliphatic rings. The molecule has 1 N–H and O–H groups in total. The van der Waals surface area contributed by atoms with Crippen LogP contribution in [0.5, 0.6) is 0 Å². The van der Waals surface area contributed by atoms with Crippen molar-refractivity contribution in [2.75, 3.05) is 6.54 Å². The third kappa shape index (κ3) is 3.24. The van der Waals surface area contributed by atoms with Gasteiger partial charge < -0.3 is 5.32 Å². The minimum Gasteiger partial charge on any atom is -0.315 e. The van der Waals surface area contributed by atoms with Gasteiger partial charge in [0.15, 0.2) is 0 Å². The zero-order valence-corrected chi connectivity index (χ0v) is 8.06. The molecule has 0 spiro atoms. The van der Waals surface area contributed by atoms with Gasteiger partial charge in [-0.2, -0.15) is 0 Å². The first-order valence-corrected chi connectivity index (χ1v) is 4.92. The van der Waals surface area contributed by atoms with Crippen LogP contribution >= 0.6 is 0 Å². The van der Waals surface area contributed by atoms with Crippen LogP contribution in [0.25, 0.3) is 0 Å². The first-order chi connectivity index (χ1) is 5.18. The van der Waals surface area contributed by atoms with Gasteiger partial charge in [-0.25, -0.2) is 0 Å². The zero-order valence-electron chi connectivity index (χ0n) is 8.06. The third-order valence-electron chi connectivity index (χ3n) is 2.58. The molecular weight excluding hydrogens is 134 g/mol. The number of nitrogens with one attached hydrogen (secondary N) is 1. The zero-order chi connectivity index (χ0) is 8.27. The first-order valence-electron chi connectivity index (χ1n) is 4.92. The quantitative estimate of drug-likeness (QED) is 0.657. The molecule has 1 rings (SSSR count). The summed E-state index contributed by atoms with van der Waals surface area (Å²) in [5.41, 5.74) is 0. The molecule has 1 heteroatoms. The van der Waals surface area contributed by atoms with Crippen molar-refractivity contribution in [3.05, 3.63) is 0 Å². The molecule has 0 bridgehead atoms. The number of rotatable bonds is 4. The molecule has 0 atom stereocenters. The van der Waals surface area contributed by atoms with Gasteiger partial charge in [-0.3, -0.25) is 0 Å². The van der Waals surface area contributed by atoms with Gasteiger partial charge in [-0.15, -0.1) is 0 Å². The van der Waals surface area contributed by atoms with Crippen LogP contribution in [0, 0.1) is 11.8 Å². The highest BCUT2D eigenvalue weighted by Crippen LogP contribution is 2.34. The van der Waals surface area contributed by atoms with Crippen molar-refractivity contribution < 1.29 is 0 Å². The van der Waals surface area contributed by atoms with E-state index in [1.165, 1.54) is 25.8 Å². The van der Waals surface area contributed by atoms with E-state index in [0.29, 0.717) is 6.04 Å². The summed E-state index contributed by atoms with van der Waals surface area (Å²) in [6.07, 6.45) is 4.34. The molecule has 0 aromatic heterocycles. The van der Waals surface area contributed by atoms with E-state index in [1.807, 2.05) is 0 Å². The minimum atomic E-state index is 0.660. The second kappa shape index (κ2) is 4.10. The molecule has 0 radical (unpaired) electrons. The minimum absolute atomic E-state index is 0.660. The molecule has 0 saturated heterocycles. The maximum Gasteiger partial charge on any atom is 0.00103 e. The Balaban J connectivity index is 1.89. The van der Waals surface area contributed by atoms with Crippen molar-refractivity contribution in [1.29, 1.82) is 0 Å². The van der Waals surface area contributed by atoms with Crippen molar-refractivity contribution in [1.82, 2.24) is 5.32 Å². The van der Waals surface area contributed by atoms with E-state index < -0.39 is 0 Å². The molecule has 0 unspecified atom stereocenters. The molecule has 0 aromatic carbocycles. The fraction of sp³-hybridized carbons (Fsp3) is 1.00. The summed E-state index contributed by atoms with van der Waals surface area (Å²) < 4.78 is 0. The molecule has 1 nitrogen and oxygen atoms in total. The van der Waals surface area contributed by atoms with Gasteiger partial charge in [-0.1, -0.05) is 20.8 Å². The average Bonchev–Trinajstić information content (AvgIpc) is 1.83. The summed E-state index contributed by atoms with van der Waals surface area (Å²) in [7, 11) is 0.